The summed E-state index contributed by atoms with van der Waals surface area (Å²) in [6.07, 6.45) is -1.37. The van der Waals surface area contributed by atoms with E-state index in [0.29, 0.717) is 11.6 Å². The van der Waals surface area contributed by atoms with Gasteiger partial charge in [-0.3, -0.25) is 0 Å². The predicted molar refractivity (Wildman–Crippen MR) is 59.5 cm³/mol. The maximum atomic E-state index is 12.5. The van der Waals surface area contributed by atoms with E-state index in [0.717, 1.165) is 25.1 Å². The topological polar surface area (TPSA) is 50.9 Å². The molecule has 1 aromatic heterocycles. The van der Waals surface area contributed by atoms with Crippen LogP contribution >= 0.6 is 0 Å². The number of nitrogens with two attached hydrogens (primary N) is 1. The number of hydrogen-bond acceptors (Lipinski definition) is 3. The standard InChI is InChI=1S/C11H14F3N3/c1-2-6-3-8(6)17-9-4-10(11(12,13)14)16-5-7(9)15/h4-6,8H,2-3,15H2,1H3,(H,16,17). The van der Waals surface area contributed by atoms with Crippen LogP contribution in [0.4, 0.5) is 24.5 Å². The average molecular weight is 245 g/mol. The fraction of sp³-hybridized carbons (Fsp3) is 0.545. The highest BCUT2D eigenvalue weighted by molar-refractivity contribution is 5.66. The molecule has 2 rings (SSSR count). The van der Waals surface area contributed by atoms with E-state index in [1.54, 1.807) is 0 Å². The Bertz CT molecular complexity index is 417. The van der Waals surface area contributed by atoms with E-state index in [1.165, 1.54) is 0 Å². The zero-order valence-electron chi connectivity index (χ0n) is 9.38. The van der Waals surface area contributed by atoms with Gasteiger partial charge in [-0.25, -0.2) is 4.98 Å². The van der Waals surface area contributed by atoms with Gasteiger partial charge in [0.05, 0.1) is 17.6 Å². The Hall–Kier alpha value is -1.46. The van der Waals surface area contributed by atoms with Crippen molar-refractivity contribution >= 4 is 11.4 Å². The zero-order chi connectivity index (χ0) is 12.6. The summed E-state index contributed by atoms with van der Waals surface area (Å²) in [4.78, 5) is 3.29. The number of anilines is 2. The third-order valence-electron chi connectivity index (χ3n) is 3.01. The number of hydrogen-bond donors (Lipinski definition) is 2. The van der Waals surface area contributed by atoms with Gasteiger partial charge in [-0.2, -0.15) is 13.2 Å². The van der Waals surface area contributed by atoms with E-state index in [1.807, 2.05) is 0 Å². The second-order valence-electron chi connectivity index (χ2n) is 4.31. The number of nitrogen functional groups attached to an aromatic ring is 1. The maximum Gasteiger partial charge on any atom is 0.433 e. The molecule has 1 aromatic rings. The molecule has 17 heavy (non-hydrogen) atoms. The molecule has 0 spiro atoms. The van der Waals surface area contributed by atoms with Gasteiger partial charge in [-0.05, 0) is 18.4 Å². The lowest BCUT2D eigenvalue weighted by atomic mass is 10.2. The summed E-state index contributed by atoms with van der Waals surface area (Å²) < 4.78 is 37.4. The molecule has 1 saturated carbocycles. The molecule has 0 aliphatic heterocycles. The van der Waals surface area contributed by atoms with Gasteiger partial charge in [0.1, 0.15) is 5.69 Å². The highest BCUT2D eigenvalue weighted by Gasteiger charge is 2.37. The Morgan fingerprint density at radius 3 is 2.76 bits per heavy atom. The van der Waals surface area contributed by atoms with Gasteiger partial charge < -0.3 is 11.1 Å². The van der Waals surface area contributed by atoms with Crippen LogP contribution in [-0.2, 0) is 6.18 Å². The molecule has 6 heteroatoms. The smallest absolute Gasteiger partial charge is 0.396 e. The zero-order valence-corrected chi connectivity index (χ0v) is 9.38. The summed E-state index contributed by atoms with van der Waals surface area (Å²) in [6, 6.07) is 1.21. The number of rotatable bonds is 3. The molecular formula is C11H14F3N3. The summed E-state index contributed by atoms with van der Waals surface area (Å²) >= 11 is 0. The van der Waals surface area contributed by atoms with Gasteiger partial charge in [-0.15, -0.1) is 0 Å². The lowest BCUT2D eigenvalue weighted by Crippen LogP contribution is -2.12. The lowest BCUT2D eigenvalue weighted by Gasteiger charge is -2.12. The van der Waals surface area contributed by atoms with Crippen molar-refractivity contribution in [2.75, 3.05) is 11.1 Å². The summed E-state index contributed by atoms with van der Waals surface area (Å²) in [5, 5.41) is 3.03. The molecule has 1 aliphatic carbocycles. The SMILES string of the molecule is CCC1CC1Nc1cc(C(F)(F)F)ncc1N. The molecule has 2 unspecified atom stereocenters. The quantitative estimate of drug-likeness (QED) is 0.860. The van der Waals surface area contributed by atoms with Crippen molar-refractivity contribution in [1.82, 2.24) is 4.98 Å². The third kappa shape index (κ3) is 2.62. The molecule has 0 aromatic carbocycles. The molecule has 0 saturated heterocycles. The first kappa shape index (κ1) is 12.0. The van der Waals surface area contributed by atoms with Crippen LogP contribution in [-0.4, -0.2) is 11.0 Å². The highest BCUT2D eigenvalue weighted by Crippen LogP contribution is 2.38. The first-order valence-corrected chi connectivity index (χ1v) is 5.51. The minimum atomic E-state index is -4.43. The molecule has 3 N–H and O–H groups in total. The van der Waals surface area contributed by atoms with Crippen molar-refractivity contribution in [3.05, 3.63) is 18.0 Å². The summed E-state index contributed by atoms with van der Waals surface area (Å²) in [5.41, 5.74) is 5.27. The van der Waals surface area contributed by atoms with Crippen LogP contribution < -0.4 is 11.1 Å². The third-order valence-corrected chi connectivity index (χ3v) is 3.01. The van der Waals surface area contributed by atoms with Crippen LogP contribution in [0.2, 0.25) is 0 Å². The summed E-state index contributed by atoms with van der Waals surface area (Å²) in [5.74, 6) is 0.539. The number of halogens is 3. The summed E-state index contributed by atoms with van der Waals surface area (Å²) in [6.45, 7) is 2.06. The van der Waals surface area contributed by atoms with E-state index in [4.69, 9.17) is 5.73 Å². The molecule has 94 valence electrons. The second kappa shape index (κ2) is 4.09. The minimum absolute atomic E-state index is 0.241. The second-order valence-corrected chi connectivity index (χ2v) is 4.31. The molecule has 1 fully saturated rings. The number of nitrogens with one attached hydrogen (secondary N) is 1. The van der Waals surface area contributed by atoms with Crippen LogP contribution in [0.5, 0.6) is 0 Å². The van der Waals surface area contributed by atoms with Gasteiger partial charge in [0, 0.05) is 6.04 Å². The first-order chi connectivity index (χ1) is 7.91. The van der Waals surface area contributed by atoms with Gasteiger partial charge in [0.2, 0.25) is 0 Å². The van der Waals surface area contributed by atoms with Gasteiger partial charge >= 0.3 is 6.18 Å². The number of aromatic nitrogens is 1. The van der Waals surface area contributed by atoms with Crippen LogP contribution in [0.25, 0.3) is 0 Å². The fourth-order valence-corrected chi connectivity index (χ4v) is 1.82. The Labute approximate surface area is 97.2 Å². The Morgan fingerprint density at radius 2 is 2.24 bits per heavy atom. The van der Waals surface area contributed by atoms with Crippen molar-refractivity contribution in [1.29, 1.82) is 0 Å². The van der Waals surface area contributed by atoms with Gasteiger partial charge in [0.15, 0.2) is 0 Å². The first-order valence-electron chi connectivity index (χ1n) is 5.51. The predicted octanol–water partition coefficient (Wildman–Crippen LogP) is 2.89. The van der Waals surface area contributed by atoms with E-state index in [-0.39, 0.29) is 11.7 Å². The van der Waals surface area contributed by atoms with E-state index >= 15 is 0 Å². The van der Waals surface area contributed by atoms with Crippen molar-refractivity contribution in [2.24, 2.45) is 5.92 Å². The Balaban J connectivity index is 2.16. The van der Waals surface area contributed by atoms with E-state index in [9.17, 15) is 13.2 Å². The van der Waals surface area contributed by atoms with Crippen molar-refractivity contribution < 1.29 is 13.2 Å². The van der Waals surface area contributed by atoms with Crippen LogP contribution in [0.15, 0.2) is 12.3 Å². The molecular weight excluding hydrogens is 231 g/mol. The Kier molecular flexibility index (Phi) is 2.89. The van der Waals surface area contributed by atoms with Crippen molar-refractivity contribution in [3.8, 4) is 0 Å². The molecule has 2 atom stereocenters. The van der Waals surface area contributed by atoms with Crippen LogP contribution in [0.1, 0.15) is 25.5 Å². The van der Waals surface area contributed by atoms with Gasteiger partial charge in [0.25, 0.3) is 0 Å². The number of alkyl halides is 3. The van der Waals surface area contributed by atoms with E-state index in [2.05, 4.69) is 17.2 Å². The highest BCUT2D eigenvalue weighted by atomic mass is 19.4. The monoisotopic (exact) mass is 245 g/mol. The fourth-order valence-electron chi connectivity index (χ4n) is 1.82. The lowest BCUT2D eigenvalue weighted by molar-refractivity contribution is -0.141. The van der Waals surface area contributed by atoms with Crippen LogP contribution in [0.3, 0.4) is 0 Å². The molecule has 0 amide bonds. The van der Waals surface area contributed by atoms with Crippen molar-refractivity contribution in [3.63, 3.8) is 0 Å². The molecule has 0 radical (unpaired) electrons. The maximum absolute atomic E-state index is 12.5. The molecule has 0 bridgehead atoms. The largest absolute Gasteiger partial charge is 0.433 e. The minimum Gasteiger partial charge on any atom is -0.396 e. The average Bonchev–Trinajstić information content (AvgIpc) is 2.98. The van der Waals surface area contributed by atoms with Crippen molar-refractivity contribution in [2.45, 2.75) is 32.0 Å². The summed E-state index contributed by atoms with van der Waals surface area (Å²) in [7, 11) is 0. The molecule has 1 heterocycles. The van der Waals surface area contributed by atoms with Crippen LogP contribution in [0, 0.1) is 5.92 Å². The Morgan fingerprint density at radius 1 is 1.53 bits per heavy atom. The van der Waals surface area contributed by atoms with E-state index < -0.39 is 11.9 Å². The normalized spacial score (nSPS) is 23.5. The van der Waals surface area contributed by atoms with Gasteiger partial charge in [-0.1, -0.05) is 13.3 Å². The molecule has 1 aliphatic rings. The molecule has 3 nitrogen and oxygen atoms in total. The number of nitrogens with zero attached hydrogens (tertiary/aromatic N) is 1. The number of pyridine rings is 1.